The number of hydrogen-bond donors (Lipinski definition) is 1. The summed E-state index contributed by atoms with van der Waals surface area (Å²) in [6, 6.07) is 16.2. The van der Waals surface area contributed by atoms with Gasteiger partial charge in [0.15, 0.2) is 0 Å². The van der Waals surface area contributed by atoms with Gasteiger partial charge in [0.2, 0.25) is 5.88 Å². The summed E-state index contributed by atoms with van der Waals surface area (Å²) in [4.78, 5) is 37.1. The summed E-state index contributed by atoms with van der Waals surface area (Å²) in [5.41, 5.74) is 2.34. The maximum atomic E-state index is 12.5. The number of aromatic nitrogens is 2. The quantitative estimate of drug-likeness (QED) is 0.599. The summed E-state index contributed by atoms with van der Waals surface area (Å²) in [7, 11) is 0. The molecule has 2 amide bonds. The second-order valence-electron chi connectivity index (χ2n) is 7.87. The first-order valence-corrected chi connectivity index (χ1v) is 11.1. The number of anilines is 1. The number of carbonyl (C=O) groups is 2. The van der Waals surface area contributed by atoms with Gasteiger partial charge in [-0.25, -0.2) is 9.78 Å². The number of piperazine rings is 1. The number of rotatable bonds is 7. The number of ether oxygens (including phenoxy) is 1. The molecule has 1 N–H and O–H groups in total. The predicted octanol–water partition coefficient (Wildman–Crippen LogP) is 3.48. The molecule has 1 saturated heterocycles. The van der Waals surface area contributed by atoms with E-state index in [2.05, 4.69) is 26.3 Å². The lowest BCUT2D eigenvalue weighted by molar-refractivity contribution is 0.102. The Kier molecular flexibility index (Phi) is 7.60. The second kappa shape index (κ2) is 11.2. The highest BCUT2D eigenvalue weighted by molar-refractivity contribution is 6.04. The van der Waals surface area contributed by atoms with Crippen LogP contribution in [-0.4, -0.2) is 64.5 Å². The molecule has 8 heteroatoms. The average molecular weight is 446 g/mol. The highest BCUT2D eigenvalue weighted by atomic mass is 16.6. The number of carbonyl (C=O) groups excluding carboxylic acids is 2. The van der Waals surface area contributed by atoms with E-state index in [0.717, 1.165) is 32.5 Å². The van der Waals surface area contributed by atoms with E-state index in [9.17, 15) is 9.59 Å². The molecule has 2 aromatic heterocycles. The van der Waals surface area contributed by atoms with Crippen molar-refractivity contribution in [2.45, 2.75) is 12.8 Å². The molecule has 0 aliphatic carbocycles. The molecule has 0 spiro atoms. The van der Waals surface area contributed by atoms with Gasteiger partial charge in [0, 0.05) is 50.2 Å². The first kappa shape index (κ1) is 22.4. The predicted molar refractivity (Wildman–Crippen MR) is 125 cm³/mol. The van der Waals surface area contributed by atoms with Crippen LogP contribution in [0.2, 0.25) is 0 Å². The number of aryl methyl sites for hydroxylation is 1. The third-order valence-electron chi connectivity index (χ3n) is 5.52. The highest BCUT2D eigenvalue weighted by Crippen LogP contribution is 2.15. The fourth-order valence-corrected chi connectivity index (χ4v) is 3.67. The minimum Gasteiger partial charge on any atom is -0.391 e. The van der Waals surface area contributed by atoms with Crippen LogP contribution in [0.1, 0.15) is 22.3 Å². The van der Waals surface area contributed by atoms with Crippen molar-refractivity contribution in [1.82, 2.24) is 19.8 Å². The monoisotopic (exact) mass is 445 g/mol. The molecule has 3 heterocycles. The lowest BCUT2D eigenvalue weighted by Crippen LogP contribution is -2.49. The van der Waals surface area contributed by atoms with Gasteiger partial charge in [-0.15, -0.1) is 0 Å². The normalized spacial score (nSPS) is 14.0. The van der Waals surface area contributed by atoms with E-state index < -0.39 is 6.09 Å². The first-order chi connectivity index (χ1) is 16.2. The van der Waals surface area contributed by atoms with Crippen LogP contribution >= 0.6 is 0 Å². The molecule has 4 rings (SSSR count). The molecule has 170 valence electrons. The fraction of sp³-hybridized carbons (Fsp3) is 0.280. The Hall–Kier alpha value is -3.78. The lowest BCUT2D eigenvalue weighted by atomic mass is 10.1. The van der Waals surface area contributed by atoms with Crippen LogP contribution in [0.15, 0.2) is 73.2 Å². The molecule has 1 aliphatic heterocycles. The van der Waals surface area contributed by atoms with Gasteiger partial charge < -0.3 is 15.0 Å². The van der Waals surface area contributed by atoms with Crippen LogP contribution in [0.5, 0.6) is 5.88 Å². The molecular formula is C25H27N5O3. The van der Waals surface area contributed by atoms with E-state index in [1.807, 2.05) is 18.3 Å². The topological polar surface area (TPSA) is 87.7 Å². The van der Waals surface area contributed by atoms with Crippen LogP contribution in [-0.2, 0) is 6.42 Å². The van der Waals surface area contributed by atoms with Crippen molar-refractivity contribution < 1.29 is 14.3 Å². The van der Waals surface area contributed by atoms with Gasteiger partial charge in [0.05, 0.1) is 11.9 Å². The van der Waals surface area contributed by atoms with Crippen LogP contribution in [0, 0.1) is 0 Å². The number of amides is 2. The van der Waals surface area contributed by atoms with Crippen molar-refractivity contribution >= 4 is 17.7 Å². The highest BCUT2D eigenvalue weighted by Gasteiger charge is 2.22. The molecule has 1 aliphatic rings. The van der Waals surface area contributed by atoms with Crippen molar-refractivity contribution in [3.8, 4) is 5.88 Å². The smallest absolute Gasteiger partial charge is 0.391 e. The van der Waals surface area contributed by atoms with Gasteiger partial charge >= 0.3 is 6.09 Å². The van der Waals surface area contributed by atoms with Gasteiger partial charge in [-0.1, -0.05) is 24.3 Å². The van der Waals surface area contributed by atoms with E-state index >= 15 is 0 Å². The fourth-order valence-electron chi connectivity index (χ4n) is 3.67. The number of benzene rings is 1. The standard InChI is InChI=1S/C25H27N5O3/c31-24(21-8-2-1-3-9-21)28-22-10-11-23(27-19-22)33-25(32)30-16-14-29(15-17-30)13-5-7-20-6-4-12-26-18-20/h1-4,6,8-12,18-19H,5,7,13-17H2,(H,28,31). The van der Waals surface area contributed by atoms with Crippen molar-refractivity contribution in [2.75, 3.05) is 38.0 Å². The summed E-state index contributed by atoms with van der Waals surface area (Å²) in [6.45, 7) is 3.88. The maximum absolute atomic E-state index is 12.5. The van der Waals surface area contributed by atoms with Crippen molar-refractivity contribution in [3.05, 3.63) is 84.3 Å². The Bertz CT molecular complexity index is 1040. The summed E-state index contributed by atoms with van der Waals surface area (Å²) >= 11 is 0. The summed E-state index contributed by atoms with van der Waals surface area (Å²) < 4.78 is 5.41. The molecule has 3 aromatic rings. The molecular weight excluding hydrogens is 418 g/mol. The Morgan fingerprint density at radius 3 is 2.45 bits per heavy atom. The number of hydrogen-bond acceptors (Lipinski definition) is 6. The third-order valence-corrected chi connectivity index (χ3v) is 5.52. The first-order valence-electron chi connectivity index (χ1n) is 11.1. The summed E-state index contributed by atoms with van der Waals surface area (Å²) in [5.74, 6) is -0.0166. The van der Waals surface area contributed by atoms with E-state index in [1.165, 1.54) is 11.8 Å². The van der Waals surface area contributed by atoms with Gasteiger partial charge in [0.25, 0.3) is 5.91 Å². The maximum Gasteiger partial charge on any atom is 0.416 e. The molecule has 0 bridgehead atoms. The zero-order chi connectivity index (χ0) is 22.9. The molecule has 1 aromatic carbocycles. The zero-order valence-corrected chi connectivity index (χ0v) is 18.4. The van der Waals surface area contributed by atoms with Crippen LogP contribution in [0.3, 0.4) is 0 Å². The SMILES string of the molecule is O=C(Nc1ccc(OC(=O)N2CCN(CCCc3cccnc3)CC2)nc1)c1ccccc1. The van der Waals surface area contributed by atoms with E-state index in [-0.39, 0.29) is 11.8 Å². The van der Waals surface area contributed by atoms with Crippen LogP contribution < -0.4 is 10.1 Å². The van der Waals surface area contributed by atoms with Crippen molar-refractivity contribution in [1.29, 1.82) is 0 Å². The Labute approximate surface area is 193 Å². The van der Waals surface area contributed by atoms with Gasteiger partial charge in [0.1, 0.15) is 0 Å². The van der Waals surface area contributed by atoms with Gasteiger partial charge in [-0.2, -0.15) is 0 Å². The Morgan fingerprint density at radius 1 is 0.939 bits per heavy atom. The summed E-state index contributed by atoms with van der Waals surface area (Å²) in [5, 5.41) is 2.77. The average Bonchev–Trinajstić information content (AvgIpc) is 2.87. The second-order valence-corrected chi connectivity index (χ2v) is 7.87. The minimum absolute atomic E-state index is 0.205. The van der Waals surface area contributed by atoms with Gasteiger partial charge in [-0.05, 0) is 49.2 Å². The third kappa shape index (κ3) is 6.60. The largest absolute Gasteiger partial charge is 0.416 e. The van der Waals surface area contributed by atoms with E-state index in [1.54, 1.807) is 47.5 Å². The molecule has 0 saturated carbocycles. The summed E-state index contributed by atoms with van der Waals surface area (Å²) in [6.07, 6.45) is 6.83. The lowest BCUT2D eigenvalue weighted by Gasteiger charge is -2.33. The zero-order valence-electron chi connectivity index (χ0n) is 18.4. The van der Waals surface area contributed by atoms with Crippen molar-refractivity contribution in [2.24, 2.45) is 0 Å². The van der Waals surface area contributed by atoms with Crippen LogP contribution in [0.25, 0.3) is 0 Å². The Balaban J connectivity index is 1.18. The number of nitrogens with one attached hydrogen (secondary N) is 1. The Morgan fingerprint density at radius 2 is 1.76 bits per heavy atom. The number of pyridine rings is 2. The minimum atomic E-state index is -0.404. The number of nitrogens with zero attached hydrogens (tertiary/aromatic N) is 4. The van der Waals surface area contributed by atoms with Crippen LogP contribution in [0.4, 0.5) is 10.5 Å². The van der Waals surface area contributed by atoms with Crippen molar-refractivity contribution in [3.63, 3.8) is 0 Å². The van der Waals surface area contributed by atoms with Gasteiger partial charge in [-0.3, -0.25) is 14.7 Å². The molecule has 0 unspecified atom stereocenters. The molecule has 33 heavy (non-hydrogen) atoms. The van der Waals surface area contributed by atoms with E-state index in [0.29, 0.717) is 24.3 Å². The molecule has 0 atom stereocenters. The molecule has 0 radical (unpaired) electrons. The molecule has 8 nitrogen and oxygen atoms in total. The molecule has 1 fully saturated rings. The van der Waals surface area contributed by atoms with E-state index in [4.69, 9.17) is 4.74 Å².